The highest BCUT2D eigenvalue weighted by Crippen LogP contribution is 2.28. The molecule has 0 aromatic heterocycles. The number of rotatable bonds is 5. The molecule has 0 saturated heterocycles. The van der Waals surface area contributed by atoms with Crippen LogP contribution in [0.2, 0.25) is 0 Å². The standard InChI is InChI=1S/C19H22N2O2/c1-14-7-8-18(23-2)16(13-14)20-11-9-19(22)21-12-10-15-5-3-4-6-17(15)21/h3-8,13,20H,9-12H2,1-2H3. The highest BCUT2D eigenvalue weighted by molar-refractivity contribution is 5.95. The van der Waals surface area contributed by atoms with Gasteiger partial charge >= 0.3 is 0 Å². The van der Waals surface area contributed by atoms with Crippen molar-refractivity contribution in [2.45, 2.75) is 19.8 Å². The van der Waals surface area contributed by atoms with Crippen LogP contribution in [0.25, 0.3) is 0 Å². The van der Waals surface area contributed by atoms with Gasteiger partial charge in [0.05, 0.1) is 12.8 Å². The number of hydrogen-bond acceptors (Lipinski definition) is 3. The van der Waals surface area contributed by atoms with Crippen LogP contribution < -0.4 is 15.0 Å². The van der Waals surface area contributed by atoms with E-state index < -0.39 is 0 Å². The number of fused-ring (bicyclic) bond motifs is 1. The first-order valence-electron chi connectivity index (χ1n) is 7.96. The summed E-state index contributed by atoms with van der Waals surface area (Å²) in [5.74, 6) is 0.962. The van der Waals surface area contributed by atoms with Crippen LogP contribution >= 0.6 is 0 Å². The lowest BCUT2D eigenvalue weighted by molar-refractivity contribution is -0.118. The van der Waals surface area contributed by atoms with E-state index in [9.17, 15) is 4.79 Å². The second-order valence-corrected chi connectivity index (χ2v) is 5.80. The summed E-state index contributed by atoms with van der Waals surface area (Å²) in [4.78, 5) is 14.4. The van der Waals surface area contributed by atoms with Gasteiger partial charge < -0.3 is 15.0 Å². The largest absolute Gasteiger partial charge is 0.495 e. The molecule has 0 atom stereocenters. The number of aryl methyl sites for hydroxylation is 1. The molecule has 23 heavy (non-hydrogen) atoms. The van der Waals surface area contributed by atoms with Crippen molar-refractivity contribution in [1.29, 1.82) is 0 Å². The molecule has 120 valence electrons. The van der Waals surface area contributed by atoms with Crippen LogP contribution in [0.1, 0.15) is 17.5 Å². The lowest BCUT2D eigenvalue weighted by atomic mass is 10.2. The third-order valence-corrected chi connectivity index (χ3v) is 4.20. The number of ether oxygens (including phenoxy) is 1. The fourth-order valence-electron chi connectivity index (χ4n) is 3.00. The maximum atomic E-state index is 12.5. The second kappa shape index (κ2) is 6.73. The quantitative estimate of drug-likeness (QED) is 0.920. The number of nitrogens with zero attached hydrogens (tertiary/aromatic N) is 1. The van der Waals surface area contributed by atoms with Gasteiger partial charge in [-0.05, 0) is 42.7 Å². The molecule has 1 N–H and O–H groups in total. The fraction of sp³-hybridized carbons (Fsp3) is 0.316. The SMILES string of the molecule is COc1ccc(C)cc1NCCC(=O)N1CCc2ccccc21. The topological polar surface area (TPSA) is 41.6 Å². The number of amides is 1. The van der Waals surface area contributed by atoms with Gasteiger partial charge in [-0.1, -0.05) is 24.3 Å². The molecule has 4 heteroatoms. The van der Waals surface area contributed by atoms with Gasteiger partial charge in [0.2, 0.25) is 5.91 Å². The van der Waals surface area contributed by atoms with Crippen LogP contribution in [0.5, 0.6) is 5.75 Å². The minimum Gasteiger partial charge on any atom is -0.495 e. The van der Waals surface area contributed by atoms with Crippen molar-refractivity contribution in [3.05, 3.63) is 53.6 Å². The zero-order valence-corrected chi connectivity index (χ0v) is 13.6. The predicted molar refractivity (Wildman–Crippen MR) is 93.3 cm³/mol. The Balaban J connectivity index is 1.60. The van der Waals surface area contributed by atoms with E-state index in [4.69, 9.17) is 4.74 Å². The Hall–Kier alpha value is -2.49. The van der Waals surface area contributed by atoms with Crippen LogP contribution in [-0.4, -0.2) is 26.1 Å². The average Bonchev–Trinajstić information content (AvgIpc) is 2.99. The molecule has 0 fully saturated rings. The molecule has 1 amide bonds. The predicted octanol–water partition coefficient (Wildman–Crippen LogP) is 3.39. The number of benzene rings is 2. The van der Waals surface area contributed by atoms with Crippen LogP contribution in [0.4, 0.5) is 11.4 Å². The van der Waals surface area contributed by atoms with E-state index in [0.29, 0.717) is 13.0 Å². The van der Waals surface area contributed by atoms with E-state index in [1.165, 1.54) is 5.56 Å². The summed E-state index contributed by atoms with van der Waals surface area (Å²) in [6.07, 6.45) is 1.41. The zero-order chi connectivity index (χ0) is 16.2. The van der Waals surface area contributed by atoms with E-state index >= 15 is 0 Å². The highest BCUT2D eigenvalue weighted by Gasteiger charge is 2.23. The van der Waals surface area contributed by atoms with Crippen molar-refractivity contribution >= 4 is 17.3 Å². The lowest BCUT2D eigenvalue weighted by Gasteiger charge is -2.18. The van der Waals surface area contributed by atoms with Crippen molar-refractivity contribution in [2.75, 3.05) is 30.4 Å². The smallest absolute Gasteiger partial charge is 0.228 e. The minimum atomic E-state index is 0.161. The van der Waals surface area contributed by atoms with Crippen molar-refractivity contribution in [3.63, 3.8) is 0 Å². The molecule has 0 saturated carbocycles. The maximum Gasteiger partial charge on any atom is 0.228 e. The molecule has 0 radical (unpaired) electrons. The van der Waals surface area contributed by atoms with Gasteiger partial charge in [0.15, 0.2) is 0 Å². The number of carbonyl (C=O) groups excluding carboxylic acids is 1. The Morgan fingerprint density at radius 1 is 1.26 bits per heavy atom. The molecular formula is C19H22N2O2. The zero-order valence-electron chi connectivity index (χ0n) is 13.6. The maximum absolute atomic E-state index is 12.5. The molecule has 1 aliphatic rings. The molecule has 1 heterocycles. The van der Waals surface area contributed by atoms with Crippen LogP contribution in [0, 0.1) is 6.92 Å². The monoisotopic (exact) mass is 310 g/mol. The molecule has 0 bridgehead atoms. The van der Waals surface area contributed by atoms with Crippen molar-refractivity contribution in [3.8, 4) is 5.75 Å². The first kappa shape index (κ1) is 15.4. The fourth-order valence-corrected chi connectivity index (χ4v) is 3.00. The summed E-state index contributed by atoms with van der Waals surface area (Å²) < 4.78 is 5.35. The first-order chi connectivity index (χ1) is 11.2. The third kappa shape index (κ3) is 3.31. The second-order valence-electron chi connectivity index (χ2n) is 5.80. The molecule has 4 nitrogen and oxygen atoms in total. The van der Waals surface area contributed by atoms with Gasteiger partial charge in [-0.2, -0.15) is 0 Å². The van der Waals surface area contributed by atoms with Gasteiger partial charge in [-0.25, -0.2) is 0 Å². The number of hydrogen-bond donors (Lipinski definition) is 1. The molecule has 3 rings (SSSR count). The Labute approximate surface area is 137 Å². The van der Waals surface area contributed by atoms with Gasteiger partial charge in [0, 0.05) is 25.2 Å². The molecular weight excluding hydrogens is 288 g/mol. The van der Waals surface area contributed by atoms with E-state index in [1.807, 2.05) is 48.2 Å². The number of carbonyl (C=O) groups is 1. The van der Waals surface area contributed by atoms with Crippen LogP contribution in [0.3, 0.4) is 0 Å². The average molecular weight is 310 g/mol. The molecule has 2 aromatic rings. The molecule has 1 aliphatic heterocycles. The molecule has 0 aliphatic carbocycles. The van der Waals surface area contributed by atoms with Gasteiger partial charge in [-0.15, -0.1) is 0 Å². The summed E-state index contributed by atoms with van der Waals surface area (Å²) in [6, 6.07) is 14.1. The lowest BCUT2D eigenvalue weighted by Crippen LogP contribution is -2.30. The number of methoxy groups -OCH3 is 1. The highest BCUT2D eigenvalue weighted by atomic mass is 16.5. The summed E-state index contributed by atoms with van der Waals surface area (Å²) in [5, 5.41) is 3.31. The molecule has 2 aromatic carbocycles. The first-order valence-corrected chi connectivity index (χ1v) is 7.96. The van der Waals surface area contributed by atoms with Crippen molar-refractivity contribution in [2.24, 2.45) is 0 Å². The number of para-hydroxylation sites is 1. The Morgan fingerprint density at radius 3 is 2.91 bits per heavy atom. The third-order valence-electron chi connectivity index (χ3n) is 4.20. The van der Waals surface area contributed by atoms with Crippen LogP contribution in [0.15, 0.2) is 42.5 Å². The minimum absolute atomic E-state index is 0.161. The van der Waals surface area contributed by atoms with E-state index in [1.54, 1.807) is 7.11 Å². The van der Waals surface area contributed by atoms with Crippen molar-refractivity contribution < 1.29 is 9.53 Å². The van der Waals surface area contributed by atoms with Gasteiger partial charge in [-0.3, -0.25) is 4.79 Å². The number of nitrogens with one attached hydrogen (secondary N) is 1. The normalized spacial score (nSPS) is 12.9. The Morgan fingerprint density at radius 2 is 2.09 bits per heavy atom. The molecule has 0 unspecified atom stereocenters. The van der Waals surface area contributed by atoms with E-state index in [-0.39, 0.29) is 5.91 Å². The Bertz CT molecular complexity index is 712. The Kier molecular flexibility index (Phi) is 4.51. The molecule has 0 spiro atoms. The number of anilines is 2. The summed E-state index contributed by atoms with van der Waals surface area (Å²) in [5.41, 5.74) is 4.41. The van der Waals surface area contributed by atoms with Gasteiger partial charge in [0.1, 0.15) is 5.75 Å². The van der Waals surface area contributed by atoms with Crippen LogP contribution in [-0.2, 0) is 11.2 Å². The summed E-state index contributed by atoms with van der Waals surface area (Å²) in [7, 11) is 1.65. The van der Waals surface area contributed by atoms with E-state index in [2.05, 4.69) is 11.4 Å². The van der Waals surface area contributed by atoms with Crippen molar-refractivity contribution in [1.82, 2.24) is 0 Å². The van der Waals surface area contributed by atoms with Gasteiger partial charge in [0.25, 0.3) is 0 Å². The summed E-state index contributed by atoms with van der Waals surface area (Å²) in [6.45, 7) is 3.42. The summed E-state index contributed by atoms with van der Waals surface area (Å²) >= 11 is 0. The van der Waals surface area contributed by atoms with E-state index in [0.717, 1.165) is 35.7 Å².